The molecule has 2 heterocycles. The van der Waals surface area contributed by atoms with Gasteiger partial charge in [0.1, 0.15) is 5.75 Å². The first-order valence-corrected chi connectivity index (χ1v) is 7.24. The van der Waals surface area contributed by atoms with E-state index in [4.69, 9.17) is 9.47 Å². The van der Waals surface area contributed by atoms with Gasteiger partial charge < -0.3 is 14.0 Å². The summed E-state index contributed by atoms with van der Waals surface area (Å²) in [4.78, 5) is 14.9. The lowest BCUT2D eigenvalue weighted by molar-refractivity contribution is -0.385. The molecule has 8 heteroatoms. The Balaban J connectivity index is 1.90. The Kier molecular flexibility index (Phi) is 3.80. The predicted molar refractivity (Wildman–Crippen MR) is 76.1 cm³/mol. The maximum absolute atomic E-state index is 11.0. The van der Waals surface area contributed by atoms with Crippen molar-refractivity contribution in [3.8, 4) is 5.75 Å². The third kappa shape index (κ3) is 2.86. The summed E-state index contributed by atoms with van der Waals surface area (Å²) in [6.07, 6.45) is 3.57. The molecule has 3 rings (SSSR count). The fraction of sp³-hybridized carbons (Fsp3) is 0.308. The van der Waals surface area contributed by atoms with Crippen LogP contribution in [0.2, 0.25) is 0 Å². The molecule has 2 aromatic rings. The number of benzene rings is 1. The molecule has 0 saturated carbocycles. The standard InChI is InChI=1S/C13H13N3O4S/c1-15-3-2-14-13(15)21-7-10-5-11(16(17)18)4-9-6-19-8-20-12(9)10/h2-5H,6-8H2,1H3. The van der Waals surface area contributed by atoms with E-state index in [0.717, 1.165) is 10.7 Å². The molecule has 0 aliphatic carbocycles. The number of nitrogens with zero attached hydrogens (tertiary/aromatic N) is 3. The first kappa shape index (κ1) is 13.9. The molecule has 1 aliphatic heterocycles. The molecule has 21 heavy (non-hydrogen) atoms. The van der Waals surface area contributed by atoms with Crippen LogP contribution < -0.4 is 4.74 Å². The van der Waals surface area contributed by atoms with E-state index < -0.39 is 4.92 Å². The van der Waals surface area contributed by atoms with Crippen molar-refractivity contribution in [1.82, 2.24) is 9.55 Å². The summed E-state index contributed by atoms with van der Waals surface area (Å²) in [5.74, 6) is 1.24. The lowest BCUT2D eigenvalue weighted by Crippen LogP contribution is -2.13. The van der Waals surface area contributed by atoms with Crippen LogP contribution in [0.15, 0.2) is 29.7 Å². The molecule has 0 bridgehead atoms. The molecule has 0 spiro atoms. The van der Waals surface area contributed by atoms with Crippen molar-refractivity contribution in [2.45, 2.75) is 17.5 Å². The van der Waals surface area contributed by atoms with Gasteiger partial charge in [-0.2, -0.15) is 0 Å². The number of aryl methyl sites for hydroxylation is 1. The number of nitro groups is 1. The quantitative estimate of drug-likeness (QED) is 0.490. The van der Waals surface area contributed by atoms with Gasteiger partial charge in [0.2, 0.25) is 0 Å². The summed E-state index contributed by atoms with van der Waals surface area (Å²) < 4.78 is 12.6. The van der Waals surface area contributed by atoms with Gasteiger partial charge in [0.05, 0.1) is 11.5 Å². The second-order valence-electron chi connectivity index (χ2n) is 4.57. The number of nitro benzene ring substituents is 1. The number of hydrogen-bond donors (Lipinski definition) is 0. The van der Waals surface area contributed by atoms with E-state index >= 15 is 0 Å². The van der Waals surface area contributed by atoms with Crippen molar-refractivity contribution in [2.75, 3.05) is 6.79 Å². The fourth-order valence-electron chi connectivity index (χ4n) is 2.13. The molecule has 0 unspecified atom stereocenters. The third-order valence-corrected chi connectivity index (χ3v) is 4.22. The zero-order valence-corrected chi connectivity index (χ0v) is 12.1. The highest BCUT2D eigenvalue weighted by atomic mass is 32.2. The second-order valence-corrected chi connectivity index (χ2v) is 5.51. The van der Waals surface area contributed by atoms with Gasteiger partial charge in [-0.3, -0.25) is 10.1 Å². The summed E-state index contributed by atoms with van der Waals surface area (Å²) >= 11 is 1.51. The number of ether oxygens (including phenoxy) is 2. The predicted octanol–water partition coefficient (Wildman–Crippen LogP) is 2.49. The van der Waals surface area contributed by atoms with E-state index in [2.05, 4.69) is 4.98 Å². The minimum atomic E-state index is -0.399. The van der Waals surface area contributed by atoms with Gasteiger partial charge in [0, 0.05) is 48.5 Å². The number of aromatic nitrogens is 2. The lowest BCUT2D eigenvalue weighted by Gasteiger charge is -2.20. The van der Waals surface area contributed by atoms with Crippen LogP contribution in [0.4, 0.5) is 5.69 Å². The first-order valence-electron chi connectivity index (χ1n) is 6.26. The Hall–Kier alpha value is -2.06. The van der Waals surface area contributed by atoms with Crippen molar-refractivity contribution >= 4 is 17.4 Å². The number of imidazole rings is 1. The highest BCUT2D eigenvalue weighted by molar-refractivity contribution is 7.98. The molecule has 1 aromatic carbocycles. The van der Waals surface area contributed by atoms with Gasteiger partial charge in [0.15, 0.2) is 11.9 Å². The number of rotatable bonds is 4. The minimum Gasteiger partial charge on any atom is -0.467 e. The zero-order valence-electron chi connectivity index (χ0n) is 11.3. The fourth-order valence-corrected chi connectivity index (χ4v) is 3.03. The molecule has 0 amide bonds. The summed E-state index contributed by atoms with van der Waals surface area (Å²) in [7, 11) is 1.91. The zero-order chi connectivity index (χ0) is 14.8. The number of thioether (sulfide) groups is 1. The van der Waals surface area contributed by atoms with Crippen LogP contribution in [0, 0.1) is 10.1 Å². The summed E-state index contributed by atoms with van der Waals surface area (Å²) in [6.45, 7) is 0.502. The molecule has 1 aromatic heterocycles. The minimum absolute atomic E-state index is 0.0540. The smallest absolute Gasteiger partial charge is 0.270 e. The Bertz CT molecular complexity index is 686. The summed E-state index contributed by atoms with van der Waals surface area (Å²) in [6, 6.07) is 3.06. The Morgan fingerprint density at radius 3 is 3.10 bits per heavy atom. The highest BCUT2D eigenvalue weighted by Gasteiger charge is 2.21. The van der Waals surface area contributed by atoms with Crippen LogP contribution in [0.3, 0.4) is 0 Å². The topological polar surface area (TPSA) is 79.4 Å². The Morgan fingerprint density at radius 2 is 2.38 bits per heavy atom. The molecular weight excluding hydrogens is 294 g/mol. The van der Waals surface area contributed by atoms with E-state index in [1.54, 1.807) is 12.3 Å². The van der Waals surface area contributed by atoms with Crippen LogP contribution in [0.1, 0.15) is 11.1 Å². The van der Waals surface area contributed by atoms with Gasteiger partial charge in [-0.25, -0.2) is 4.98 Å². The van der Waals surface area contributed by atoms with Gasteiger partial charge >= 0.3 is 0 Å². The van der Waals surface area contributed by atoms with Gasteiger partial charge in [0.25, 0.3) is 5.69 Å². The van der Waals surface area contributed by atoms with Crippen LogP contribution in [-0.2, 0) is 24.1 Å². The SMILES string of the molecule is Cn1ccnc1SCc1cc([N+](=O)[O-])cc2c1OCOC2. The Morgan fingerprint density at radius 1 is 1.52 bits per heavy atom. The number of fused-ring (bicyclic) bond motifs is 1. The van der Waals surface area contributed by atoms with Crippen LogP contribution in [0.25, 0.3) is 0 Å². The average molecular weight is 307 g/mol. The molecular formula is C13H13N3O4S. The van der Waals surface area contributed by atoms with Crippen LogP contribution in [0.5, 0.6) is 5.75 Å². The van der Waals surface area contributed by atoms with Crippen molar-refractivity contribution in [3.05, 3.63) is 45.8 Å². The van der Waals surface area contributed by atoms with Crippen LogP contribution >= 0.6 is 11.8 Å². The molecule has 0 atom stereocenters. The van der Waals surface area contributed by atoms with Gasteiger partial charge in [-0.15, -0.1) is 0 Å². The molecule has 110 valence electrons. The maximum atomic E-state index is 11.0. The molecule has 0 fully saturated rings. The van der Waals surface area contributed by atoms with E-state index in [-0.39, 0.29) is 12.5 Å². The monoisotopic (exact) mass is 307 g/mol. The van der Waals surface area contributed by atoms with Crippen molar-refractivity contribution in [3.63, 3.8) is 0 Å². The first-order chi connectivity index (χ1) is 10.1. The normalized spacial score (nSPS) is 13.6. The Labute approximate surface area is 125 Å². The van der Waals surface area contributed by atoms with Crippen molar-refractivity contribution in [2.24, 2.45) is 7.05 Å². The maximum Gasteiger partial charge on any atom is 0.270 e. The highest BCUT2D eigenvalue weighted by Crippen LogP contribution is 2.35. The number of hydrogen-bond acceptors (Lipinski definition) is 6. The molecule has 0 radical (unpaired) electrons. The second kappa shape index (κ2) is 5.74. The average Bonchev–Trinajstić information content (AvgIpc) is 2.89. The molecule has 7 nitrogen and oxygen atoms in total. The van der Waals surface area contributed by atoms with E-state index in [1.807, 2.05) is 17.8 Å². The molecule has 0 N–H and O–H groups in total. The lowest BCUT2D eigenvalue weighted by atomic mass is 10.1. The van der Waals surface area contributed by atoms with Gasteiger partial charge in [-0.1, -0.05) is 11.8 Å². The molecule has 0 saturated heterocycles. The van der Waals surface area contributed by atoms with E-state index in [0.29, 0.717) is 23.7 Å². The summed E-state index contributed by atoms with van der Waals surface area (Å²) in [5, 5.41) is 11.9. The van der Waals surface area contributed by atoms with Crippen LogP contribution in [-0.4, -0.2) is 21.3 Å². The molecule has 1 aliphatic rings. The third-order valence-electron chi connectivity index (χ3n) is 3.12. The van der Waals surface area contributed by atoms with Crippen molar-refractivity contribution < 1.29 is 14.4 Å². The van der Waals surface area contributed by atoms with E-state index in [9.17, 15) is 10.1 Å². The number of non-ortho nitro benzene ring substituents is 1. The van der Waals surface area contributed by atoms with Gasteiger partial charge in [-0.05, 0) is 0 Å². The largest absolute Gasteiger partial charge is 0.467 e. The van der Waals surface area contributed by atoms with Crippen molar-refractivity contribution in [1.29, 1.82) is 0 Å². The van der Waals surface area contributed by atoms with E-state index in [1.165, 1.54) is 17.8 Å². The summed E-state index contributed by atoms with van der Waals surface area (Å²) in [5.41, 5.74) is 1.56.